The topological polar surface area (TPSA) is 167 Å². The first kappa shape index (κ1) is 23.0. The van der Waals surface area contributed by atoms with Gasteiger partial charge in [0.05, 0.1) is 11.2 Å². The standard InChI is InChI=1S/C18H23N5O6S/c1-12(24)21-15(8-2-3-11-20-30(28,29)23-18(26)27)17(25)22-14-9-4-6-13-7-5-10-19-16(13)14/h4-7,9-10,15,20,23H,2-3,8,11H2,1H3,(H,21,24)(H,22,25)(H,26,27). The van der Waals surface area contributed by atoms with Crippen molar-refractivity contribution in [2.24, 2.45) is 0 Å². The predicted octanol–water partition coefficient (Wildman–Crippen LogP) is 0.950. The lowest BCUT2D eigenvalue weighted by Crippen LogP contribution is -2.43. The van der Waals surface area contributed by atoms with Gasteiger partial charge in [-0.2, -0.15) is 13.1 Å². The smallest absolute Gasteiger partial charge is 0.419 e. The Balaban J connectivity index is 1.94. The van der Waals surface area contributed by atoms with Crippen LogP contribution < -0.4 is 20.1 Å². The van der Waals surface area contributed by atoms with Crippen LogP contribution in [0.15, 0.2) is 36.5 Å². The summed E-state index contributed by atoms with van der Waals surface area (Å²) in [6.07, 6.45) is 0.927. The molecule has 0 fully saturated rings. The third-order valence-electron chi connectivity index (χ3n) is 4.02. The maximum absolute atomic E-state index is 12.7. The molecule has 0 spiro atoms. The summed E-state index contributed by atoms with van der Waals surface area (Å²) in [5, 5.41) is 14.6. The Hall–Kier alpha value is -3.25. The number of carbonyl (C=O) groups excluding carboxylic acids is 2. The van der Waals surface area contributed by atoms with Gasteiger partial charge >= 0.3 is 16.3 Å². The van der Waals surface area contributed by atoms with Crippen molar-refractivity contribution in [3.05, 3.63) is 36.5 Å². The van der Waals surface area contributed by atoms with E-state index in [-0.39, 0.29) is 18.9 Å². The number of pyridine rings is 1. The SMILES string of the molecule is CC(=O)NC(CCCCNS(=O)(=O)NC(=O)O)C(=O)Nc1cccc2cccnc12. The van der Waals surface area contributed by atoms with Crippen molar-refractivity contribution in [2.75, 3.05) is 11.9 Å². The van der Waals surface area contributed by atoms with Crippen molar-refractivity contribution in [1.29, 1.82) is 0 Å². The first-order valence-electron chi connectivity index (χ1n) is 9.10. The molecule has 0 aliphatic heterocycles. The van der Waals surface area contributed by atoms with E-state index in [1.54, 1.807) is 24.4 Å². The summed E-state index contributed by atoms with van der Waals surface area (Å²) < 4.78 is 26.2. The molecule has 2 aromatic rings. The molecule has 1 atom stereocenters. The molecule has 1 unspecified atom stereocenters. The number of nitrogens with zero attached hydrogens (tertiary/aromatic N) is 1. The van der Waals surface area contributed by atoms with Gasteiger partial charge in [0.25, 0.3) is 0 Å². The Labute approximate surface area is 173 Å². The second-order valence-corrected chi connectivity index (χ2v) is 7.92. The van der Waals surface area contributed by atoms with Gasteiger partial charge in [-0.3, -0.25) is 14.6 Å². The van der Waals surface area contributed by atoms with Crippen LogP contribution in [0.1, 0.15) is 26.2 Å². The van der Waals surface area contributed by atoms with Crippen molar-refractivity contribution in [3.63, 3.8) is 0 Å². The molecule has 0 saturated carbocycles. The highest BCUT2D eigenvalue weighted by atomic mass is 32.2. The van der Waals surface area contributed by atoms with E-state index in [9.17, 15) is 22.8 Å². The van der Waals surface area contributed by atoms with Crippen LogP contribution in [0.3, 0.4) is 0 Å². The first-order chi connectivity index (χ1) is 14.2. The zero-order valence-electron chi connectivity index (χ0n) is 16.2. The van der Waals surface area contributed by atoms with Crippen LogP contribution in [0.2, 0.25) is 0 Å². The molecule has 2 rings (SSSR count). The Bertz CT molecular complexity index is 1020. The fourth-order valence-corrected chi connectivity index (χ4v) is 3.49. The number of nitrogens with one attached hydrogen (secondary N) is 4. The van der Waals surface area contributed by atoms with Crippen molar-refractivity contribution in [3.8, 4) is 0 Å². The summed E-state index contributed by atoms with van der Waals surface area (Å²) in [6, 6.07) is 8.18. The summed E-state index contributed by atoms with van der Waals surface area (Å²) >= 11 is 0. The zero-order valence-corrected chi connectivity index (χ0v) is 17.0. The normalized spacial score (nSPS) is 12.2. The summed E-state index contributed by atoms with van der Waals surface area (Å²) in [6.45, 7) is 1.27. The molecule has 12 heteroatoms. The van der Waals surface area contributed by atoms with Gasteiger partial charge in [-0.1, -0.05) is 18.2 Å². The van der Waals surface area contributed by atoms with E-state index in [1.807, 2.05) is 12.1 Å². The van der Waals surface area contributed by atoms with Crippen LogP contribution in [0.5, 0.6) is 0 Å². The van der Waals surface area contributed by atoms with E-state index in [2.05, 4.69) is 20.3 Å². The Morgan fingerprint density at radius 2 is 1.87 bits per heavy atom. The van der Waals surface area contributed by atoms with Crippen molar-refractivity contribution in [2.45, 2.75) is 32.2 Å². The summed E-state index contributed by atoms with van der Waals surface area (Å²) in [7, 11) is -4.13. The molecule has 11 nitrogen and oxygen atoms in total. The van der Waals surface area contributed by atoms with E-state index < -0.39 is 28.3 Å². The molecule has 5 N–H and O–H groups in total. The second kappa shape index (κ2) is 10.5. The number of amides is 3. The zero-order chi connectivity index (χ0) is 22.1. The van der Waals surface area contributed by atoms with E-state index in [4.69, 9.17) is 5.11 Å². The number of carboxylic acid groups (broad SMARTS) is 1. The molecule has 0 radical (unpaired) electrons. The molecular formula is C18H23N5O6S. The lowest BCUT2D eigenvalue weighted by molar-refractivity contribution is -0.125. The Morgan fingerprint density at radius 3 is 2.57 bits per heavy atom. The fourth-order valence-electron chi connectivity index (χ4n) is 2.77. The van der Waals surface area contributed by atoms with Crippen LogP contribution in [-0.4, -0.2) is 49.0 Å². The van der Waals surface area contributed by atoms with E-state index >= 15 is 0 Å². The van der Waals surface area contributed by atoms with Crippen molar-refractivity contribution in [1.82, 2.24) is 19.7 Å². The second-order valence-electron chi connectivity index (χ2n) is 6.42. The lowest BCUT2D eigenvalue weighted by Gasteiger charge is -2.18. The van der Waals surface area contributed by atoms with Gasteiger partial charge in [0, 0.05) is 25.1 Å². The minimum absolute atomic E-state index is 0.0235. The molecule has 0 aliphatic carbocycles. The van der Waals surface area contributed by atoms with Gasteiger partial charge in [0.1, 0.15) is 6.04 Å². The van der Waals surface area contributed by atoms with Gasteiger partial charge in [-0.05, 0) is 31.4 Å². The average Bonchev–Trinajstić information content (AvgIpc) is 2.65. The maximum atomic E-state index is 12.7. The van der Waals surface area contributed by atoms with Crippen LogP contribution in [-0.2, 0) is 19.8 Å². The Kier molecular flexibility index (Phi) is 8.07. The third kappa shape index (κ3) is 7.29. The number of para-hydroxylation sites is 1. The number of fused-ring (bicyclic) bond motifs is 1. The minimum atomic E-state index is -4.13. The first-order valence-corrected chi connectivity index (χ1v) is 10.6. The molecule has 3 amide bonds. The lowest BCUT2D eigenvalue weighted by atomic mass is 10.1. The van der Waals surface area contributed by atoms with Gasteiger partial charge < -0.3 is 15.7 Å². The molecule has 162 valence electrons. The highest BCUT2D eigenvalue weighted by molar-refractivity contribution is 7.88. The van der Waals surface area contributed by atoms with Crippen LogP contribution in [0.25, 0.3) is 10.9 Å². The van der Waals surface area contributed by atoms with Crippen molar-refractivity contribution < 1.29 is 27.9 Å². The number of hydrogen-bond donors (Lipinski definition) is 5. The number of aromatic nitrogens is 1. The predicted molar refractivity (Wildman–Crippen MR) is 110 cm³/mol. The highest BCUT2D eigenvalue weighted by Gasteiger charge is 2.20. The minimum Gasteiger partial charge on any atom is -0.464 e. The van der Waals surface area contributed by atoms with Crippen LogP contribution in [0, 0.1) is 0 Å². The fraction of sp³-hybridized carbons (Fsp3) is 0.333. The molecule has 30 heavy (non-hydrogen) atoms. The maximum Gasteiger partial charge on any atom is 0.419 e. The van der Waals surface area contributed by atoms with Crippen molar-refractivity contribution >= 4 is 44.7 Å². The van der Waals surface area contributed by atoms with Gasteiger partial charge in [-0.25, -0.2) is 9.52 Å². The van der Waals surface area contributed by atoms with Crippen LogP contribution in [0.4, 0.5) is 10.5 Å². The number of hydrogen-bond acceptors (Lipinski definition) is 6. The number of carbonyl (C=O) groups is 3. The molecule has 1 aromatic heterocycles. The largest absolute Gasteiger partial charge is 0.464 e. The van der Waals surface area contributed by atoms with Crippen LogP contribution >= 0.6 is 0 Å². The highest BCUT2D eigenvalue weighted by Crippen LogP contribution is 2.21. The van der Waals surface area contributed by atoms with Gasteiger partial charge in [0.15, 0.2) is 0 Å². The number of rotatable bonds is 10. The van der Waals surface area contributed by atoms with Gasteiger partial charge in [-0.15, -0.1) is 0 Å². The van der Waals surface area contributed by atoms with E-state index in [0.717, 1.165) is 5.39 Å². The quantitative estimate of drug-likeness (QED) is 0.345. The summed E-state index contributed by atoms with van der Waals surface area (Å²) in [5.41, 5.74) is 1.14. The van der Waals surface area contributed by atoms with Gasteiger partial charge in [0.2, 0.25) is 11.8 Å². The third-order valence-corrected chi connectivity index (χ3v) is 5.05. The molecule has 1 heterocycles. The molecule has 0 aliphatic rings. The molecule has 0 saturated heterocycles. The van der Waals surface area contributed by atoms with E-state index in [1.165, 1.54) is 11.6 Å². The number of unbranched alkanes of at least 4 members (excludes halogenated alkanes) is 1. The summed E-state index contributed by atoms with van der Waals surface area (Å²) in [5.74, 6) is -0.797. The molecule has 0 bridgehead atoms. The Morgan fingerprint density at radius 1 is 1.13 bits per heavy atom. The number of benzene rings is 1. The number of anilines is 1. The van der Waals surface area contributed by atoms with E-state index in [0.29, 0.717) is 24.0 Å². The molecular weight excluding hydrogens is 414 g/mol. The monoisotopic (exact) mass is 437 g/mol. The average molecular weight is 437 g/mol. The molecule has 1 aromatic carbocycles. The summed E-state index contributed by atoms with van der Waals surface area (Å²) in [4.78, 5) is 38.8.